The first kappa shape index (κ1) is 25.5. The highest BCUT2D eigenvalue weighted by Crippen LogP contribution is 2.32. The average molecular weight is 507 g/mol. The molecule has 0 aliphatic heterocycles. The van der Waals surface area contributed by atoms with E-state index in [1.165, 1.54) is 0 Å². The highest BCUT2D eigenvalue weighted by molar-refractivity contribution is 9.10. The Kier molecular flexibility index (Phi) is 9.38. The van der Waals surface area contributed by atoms with E-state index < -0.39 is 18.2 Å². The lowest BCUT2D eigenvalue weighted by Crippen LogP contribution is -2.51. The van der Waals surface area contributed by atoms with Crippen LogP contribution in [0.5, 0.6) is 11.5 Å². The first-order valence-electron chi connectivity index (χ1n) is 10.4. The van der Waals surface area contributed by atoms with E-state index in [0.717, 1.165) is 15.6 Å². The number of amides is 2. The molecule has 2 atom stereocenters. The Balaban J connectivity index is 2.38. The number of halogens is 1. The molecule has 2 rings (SSSR count). The van der Waals surface area contributed by atoms with Crippen molar-refractivity contribution in [3.8, 4) is 11.5 Å². The van der Waals surface area contributed by atoms with Gasteiger partial charge in [-0.05, 0) is 55.2 Å². The van der Waals surface area contributed by atoms with Crippen molar-refractivity contribution in [2.45, 2.75) is 45.9 Å². The van der Waals surface area contributed by atoms with Crippen molar-refractivity contribution < 1.29 is 23.8 Å². The topological polar surface area (TPSA) is 85.9 Å². The summed E-state index contributed by atoms with van der Waals surface area (Å²) in [4.78, 5) is 25.4. The fourth-order valence-electron chi connectivity index (χ4n) is 3.19. The number of rotatable bonds is 9. The molecule has 0 radical (unpaired) electrons. The highest BCUT2D eigenvalue weighted by Gasteiger charge is 2.28. The molecule has 0 heterocycles. The maximum absolute atomic E-state index is 13.3. The quantitative estimate of drug-likeness (QED) is 0.508. The summed E-state index contributed by atoms with van der Waals surface area (Å²) in [6.07, 6.45) is -0.909. The maximum Gasteiger partial charge on any atom is 0.408 e. The van der Waals surface area contributed by atoms with Gasteiger partial charge in [0.2, 0.25) is 5.91 Å². The molecule has 7 nitrogen and oxygen atoms in total. The molecule has 0 saturated heterocycles. The zero-order valence-electron chi connectivity index (χ0n) is 19.3. The van der Waals surface area contributed by atoms with E-state index in [4.69, 9.17) is 14.2 Å². The summed E-state index contributed by atoms with van der Waals surface area (Å²) in [5, 5.41) is 5.76. The van der Waals surface area contributed by atoms with Gasteiger partial charge in [-0.2, -0.15) is 0 Å². The highest BCUT2D eigenvalue weighted by atomic mass is 79.9. The van der Waals surface area contributed by atoms with Crippen LogP contribution in [0.1, 0.15) is 44.9 Å². The normalized spacial score (nSPS) is 12.8. The van der Waals surface area contributed by atoms with Gasteiger partial charge in [-0.1, -0.05) is 48.0 Å². The standard InChI is InChI=1S/C24H31BrN2O5/c1-14(2)21(27-24(29)32-15(3)4)23(28)26-22(16-7-10-18(25)11-8-16)17-9-12-19(30-5)20(13-17)31-6/h7-15,21-22H,1-6H3,(H,26,28)(H,27,29)/t21-,22?/m0/s1. The Labute approximate surface area is 197 Å². The summed E-state index contributed by atoms with van der Waals surface area (Å²) in [6.45, 7) is 7.24. The molecule has 0 aliphatic rings. The molecule has 0 spiro atoms. The Morgan fingerprint density at radius 2 is 1.44 bits per heavy atom. The van der Waals surface area contributed by atoms with Gasteiger partial charge in [0.05, 0.1) is 26.4 Å². The number of ether oxygens (including phenoxy) is 3. The van der Waals surface area contributed by atoms with Crippen LogP contribution < -0.4 is 20.1 Å². The van der Waals surface area contributed by atoms with Crippen molar-refractivity contribution in [3.05, 3.63) is 58.1 Å². The lowest BCUT2D eigenvalue weighted by atomic mass is 9.96. The maximum atomic E-state index is 13.3. The van der Waals surface area contributed by atoms with E-state index in [1.54, 1.807) is 34.1 Å². The van der Waals surface area contributed by atoms with Gasteiger partial charge in [0.15, 0.2) is 11.5 Å². The number of nitrogens with one attached hydrogen (secondary N) is 2. The van der Waals surface area contributed by atoms with Crippen LogP contribution in [0.2, 0.25) is 0 Å². The van der Waals surface area contributed by atoms with E-state index in [0.29, 0.717) is 11.5 Å². The second-order valence-electron chi connectivity index (χ2n) is 7.93. The fourth-order valence-corrected chi connectivity index (χ4v) is 3.45. The van der Waals surface area contributed by atoms with Gasteiger partial charge in [-0.3, -0.25) is 4.79 Å². The fraction of sp³-hybridized carbons (Fsp3) is 0.417. The minimum atomic E-state index is -0.764. The lowest BCUT2D eigenvalue weighted by Gasteiger charge is -2.26. The van der Waals surface area contributed by atoms with Crippen molar-refractivity contribution >= 4 is 27.9 Å². The van der Waals surface area contributed by atoms with Crippen LogP contribution in [0, 0.1) is 5.92 Å². The number of alkyl carbamates (subject to hydrolysis) is 1. The zero-order chi connectivity index (χ0) is 23.8. The summed E-state index contributed by atoms with van der Waals surface area (Å²) >= 11 is 3.45. The first-order valence-corrected chi connectivity index (χ1v) is 11.2. The van der Waals surface area contributed by atoms with E-state index in [-0.39, 0.29) is 17.9 Å². The van der Waals surface area contributed by atoms with Crippen molar-refractivity contribution in [2.24, 2.45) is 5.92 Å². The molecule has 174 valence electrons. The third-order valence-electron chi connectivity index (χ3n) is 4.80. The zero-order valence-corrected chi connectivity index (χ0v) is 20.9. The predicted molar refractivity (Wildman–Crippen MR) is 127 cm³/mol. The summed E-state index contributed by atoms with van der Waals surface area (Å²) in [5.74, 6) is 0.685. The third-order valence-corrected chi connectivity index (χ3v) is 5.32. The van der Waals surface area contributed by atoms with Crippen LogP contribution in [0.3, 0.4) is 0 Å². The molecule has 1 unspecified atom stereocenters. The van der Waals surface area contributed by atoms with E-state index >= 15 is 0 Å². The Morgan fingerprint density at radius 3 is 1.97 bits per heavy atom. The second-order valence-corrected chi connectivity index (χ2v) is 8.84. The van der Waals surface area contributed by atoms with E-state index in [2.05, 4.69) is 26.6 Å². The Hall–Kier alpha value is -2.74. The number of hydrogen-bond acceptors (Lipinski definition) is 5. The van der Waals surface area contributed by atoms with Crippen molar-refractivity contribution in [1.29, 1.82) is 0 Å². The van der Waals surface area contributed by atoms with E-state index in [1.807, 2.05) is 50.2 Å². The summed E-state index contributed by atoms with van der Waals surface area (Å²) in [7, 11) is 3.13. The van der Waals surface area contributed by atoms with Crippen LogP contribution in [-0.2, 0) is 9.53 Å². The molecule has 0 fully saturated rings. The molecule has 0 aromatic heterocycles. The van der Waals surface area contributed by atoms with Crippen molar-refractivity contribution in [3.63, 3.8) is 0 Å². The van der Waals surface area contributed by atoms with Gasteiger partial charge in [0.25, 0.3) is 0 Å². The van der Waals surface area contributed by atoms with Crippen molar-refractivity contribution in [2.75, 3.05) is 14.2 Å². The van der Waals surface area contributed by atoms with Gasteiger partial charge in [-0.15, -0.1) is 0 Å². The number of carbonyl (C=O) groups excluding carboxylic acids is 2. The molecule has 0 saturated carbocycles. The van der Waals surface area contributed by atoms with Crippen molar-refractivity contribution in [1.82, 2.24) is 10.6 Å². The van der Waals surface area contributed by atoms with Gasteiger partial charge in [-0.25, -0.2) is 4.79 Å². The number of hydrogen-bond donors (Lipinski definition) is 2. The third kappa shape index (κ3) is 6.88. The SMILES string of the molecule is COc1ccc(C(NC(=O)[C@@H](NC(=O)OC(C)C)C(C)C)c2ccc(Br)cc2)cc1OC. The minimum absolute atomic E-state index is 0.148. The summed E-state index contributed by atoms with van der Waals surface area (Å²) < 4.78 is 16.9. The first-order chi connectivity index (χ1) is 15.2. The minimum Gasteiger partial charge on any atom is -0.493 e. The van der Waals surface area contributed by atoms with Gasteiger partial charge < -0.3 is 24.8 Å². The smallest absolute Gasteiger partial charge is 0.408 e. The molecule has 2 aromatic rings. The number of benzene rings is 2. The average Bonchev–Trinajstić information content (AvgIpc) is 2.75. The molecule has 2 N–H and O–H groups in total. The van der Waals surface area contributed by atoms with Crippen LogP contribution in [0.4, 0.5) is 4.79 Å². The summed E-state index contributed by atoms with van der Waals surface area (Å²) in [5.41, 5.74) is 1.69. The monoisotopic (exact) mass is 506 g/mol. The molecule has 0 aliphatic carbocycles. The number of carbonyl (C=O) groups is 2. The summed E-state index contributed by atoms with van der Waals surface area (Å²) in [6, 6.07) is 11.9. The molecule has 2 aromatic carbocycles. The van der Waals surface area contributed by atoms with Gasteiger partial charge >= 0.3 is 6.09 Å². The Morgan fingerprint density at radius 1 is 0.844 bits per heavy atom. The van der Waals surface area contributed by atoms with Gasteiger partial charge in [0.1, 0.15) is 6.04 Å². The molecule has 0 bridgehead atoms. The van der Waals surface area contributed by atoms with Crippen LogP contribution in [0.15, 0.2) is 46.9 Å². The van der Waals surface area contributed by atoms with E-state index in [9.17, 15) is 9.59 Å². The molecular weight excluding hydrogens is 476 g/mol. The predicted octanol–water partition coefficient (Wildman–Crippen LogP) is 4.83. The van der Waals surface area contributed by atoms with Crippen LogP contribution >= 0.6 is 15.9 Å². The van der Waals surface area contributed by atoms with Gasteiger partial charge in [0, 0.05) is 4.47 Å². The lowest BCUT2D eigenvalue weighted by molar-refractivity contribution is -0.124. The molecule has 32 heavy (non-hydrogen) atoms. The van der Waals surface area contributed by atoms with Crippen LogP contribution in [-0.4, -0.2) is 38.4 Å². The molecular formula is C24H31BrN2O5. The Bertz CT molecular complexity index is 915. The largest absolute Gasteiger partial charge is 0.493 e. The number of methoxy groups -OCH3 is 2. The molecule has 2 amide bonds. The van der Waals surface area contributed by atoms with Crippen LogP contribution in [0.25, 0.3) is 0 Å². The molecule has 8 heteroatoms. The second kappa shape index (κ2) is 11.8.